The molecule has 1 atom stereocenters. The van der Waals surface area contributed by atoms with Gasteiger partial charge in [-0.05, 0) is 50.3 Å². The molecule has 2 aliphatic rings. The molecule has 0 amide bonds. The van der Waals surface area contributed by atoms with Crippen LogP contribution in [0.3, 0.4) is 0 Å². The summed E-state index contributed by atoms with van der Waals surface area (Å²) >= 11 is 0. The van der Waals surface area contributed by atoms with Gasteiger partial charge in [0.1, 0.15) is 5.82 Å². The van der Waals surface area contributed by atoms with Gasteiger partial charge in [-0.25, -0.2) is 9.97 Å². The fourth-order valence-electron chi connectivity index (χ4n) is 4.28. The highest BCUT2D eigenvalue weighted by Gasteiger charge is 2.32. The zero-order chi connectivity index (χ0) is 20.0. The van der Waals surface area contributed by atoms with Crippen LogP contribution in [-0.4, -0.2) is 30.5 Å². The van der Waals surface area contributed by atoms with Crippen LogP contribution in [0.5, 0.6) is 0 Å². The molecule has 1 saturated carbocycles. The van der Waals surface area contributed by atoms with Crippen molar-refractivity contribution in [1.29, 1.82) is 0 Å². The summed E-state index contributed by atoms with van der Waals surface area (Å²) in [5.41, 5.74) is 1.53. The Morgan fingerprint density at radius 2 is 1.97 bits per heavy atom. The predicted molar refractivity (Wildman–Crippen MR) is 111 cm³/mol. The molecule has 0 N–H and O–H groups in total. The Labute approximate surface area is 168 Å². The Hall–Kier alpha value is -2.80. The maximum absolute atomic E-state index is 13.3. The second kappa shape index (κ2) is 7.22. The van der Waals surface area contributed by atoms with Crippen molar-refractivity contribution in [3.63, 3.8) is 0 Å². The molecule has 2 aromatic heterocycles. The molecule has 7 nitrogen and oxygen atoms in total. The lowest BCUT2D eigenvalue weighted by Crippen LogP contribution is -2.33. The van der Waals surface area contributed by atoms with Gasteiger partial charge in [0.25, 0.3) is 11.1 Å². The van der Waals surface area contributed by atoms with Gasteiger partial charge in [0, 0.05) is 26.2 Å². The van der Waals surface area contributed by atoms with Crippen molar-refractivity contribution in [2.45, 2.75) is 44.8 Å². The van der Waals surface area contributed by atoms with Crippen molar-refractivity contribution >= 4 is 10.9 Å². The quantitative estimate of drug-likeness (QED) is 0.667. The third-order valence-electron chi connectivity index (χ3n) is 6.09. The van der Waals surface area contributed by atoms with Crippen LogP contribution in [0.15, 0.2) is 46.2 Å². The second-order valence-corrected chi connectivity index (χ2v) is 8.30. The van der Waals surface area contributed by atoms with Crippen molar-refractivity contribution in [1.82, 2.24) is 24.0 Å². The first-order valence-corrected chi connectivity index (χ1v) is 10.4. The normalized spacial score (nSPS) is 19.8. The number of para-hydroxylation sites is 1. The van der Waals surface area contributed by atoms with E-state index in [0.29, 0.717) is 17.8 Å². The van der Waals surface area contributed by atoms with Crippen LogP contribution in [-0.2, 0) is 20.1 Å². The molecule has 1 unspecified atom stereocenters. The molecule has 2 fully saturated rings. The number of rotatable bonds is 5. The fraction of sp³-hybridized carbons (Fsp3) is 0.455. The minimum absolute atomic E-state index is 0.0554. The summed E-state index contributed by atoms with van der Waals surface area (Å²) < 4.78 is 3.39. The Balaban J connectivity index is 1.54. The molecule has 0 bridgehead atoms. The van der Waals surface area contributed by atoms with Crippen LogP contribution in [0.25, 0.3) is 10.9 Å². The molecule has 3 heterocycles. The zero-order valence-electron chi connectivity index (χ0n) is 16.6. The average Bonchev–Trinajstić information content (AvgIpc) is 3.43. The standard InChI is InChI=1S/C22H25N5O2/c1-25-14-23-16(11-20(25)28)13-26-10-4-7-19(26)21-24-18-6-3-2-5-17(18)22(29)27(21)12-15-8-9-15/h2-3,5-6,11,14-15,19H,4,7-10,12-13H2,1H3. The van der Waals surface area contributed by atoms with Crippen LogP contribution in [0.2, 0.25) is 0 Å². The molecule has 5 rings (SSSR count). The molecule has 29 heavy (non-hydrogen) atoms. The molecular weight excluding hydrogens is 366 g/mol. The lowest BCUT2D eigenvalue weighted by molar-refractivity contribution is 0.229. The van der Waals surface area contributed by atoms with Crippen molar-refractivity contribution in [2.75, 3.05) is 6.54 Å². The number of aryl methyl sites for hydroxylation is 1. The van der Waals surface area contributed by atoms with Crippen molar-refractivity contribution in [2.24, 2.45) is 13.0 Å². The summed E-state index contributed by atoms with van der Waals surface area (Å²) in [4.78, 5) is 36.9. The smallest absolute Gasteiger partial charge is 0.261 e. The van der Waals surface area contributed by atoms with E-state index >= 15 is 0 Å². The maximum Gasteiger partial charge on any atom is 0.261 e. The number of hydrogen-bond acceptors (Lipinski definition) is 5. The first-order valence-electron chi connectivity index (χ1n) is 10.4. The van der Waals surface area contributed by atoms with Crippen molar-refractivity contribution in [3.8, 4) is 0 Å². The van der Waals surface area contributed by atoms with E-state index in [1.165, 1.54) is 17.4 Å². The SMILES string of the molecule is Cn1cnc(CN2CCCC2c2nc3ccccc3c(=O)n2CC2CC2)cc1=O. The minimum atomic E-state index is -0.0554. The van der Waals surface area contributed by atoms with Gasteiger partial charge in [-0.2, -0.15) is 0 Å². The number of aromatic nitrogens is 4. The minimum Gasteiger partial charge on any atom is -0.302 e. The Morgan fingerprint density at radius 3 is 2.76 bits per heavy atom. The third kappa shape index (κ3) is 3.51. The monoisotopic (exact) mass is 391 g/mol. The first kappa shape index (κ1) is 18.2. The highest BCUT2D eigenvalue weighted by molar-refractivity contribution is 5.77. The van der Waals surface area contributed by atoms with E-state index < -0.39 is 0 Å². The van der Waals surface area contributed by atoms with E-state index in [-0.39, 0.29) is 17.2 Å². The Bertz CT molecular complexity index is 1180. The summed E-state index contributed by atoms with van der Waals surface area (Å²) in [6.45, 7) is 2.25. The summed E-state index contributed by atoms with van der Waals surface area (Å²) in [6, 6.07) is 9.28. The number of hydrogen-bond donors (Lipinski definition) is 0. The van der Waals surface area contributed by atoms with Crippen molar-refractivity contribution < 1.29 is 0 Å². The molecule has 3 aromatic rings. The van der Waals surface area contributed by atoms with Gasteiger partial charge in [-0.15, -0.1) is 0 Å². The number of nitrogens with zero attached hydrogens (tertiary/aromatic N) is 5. The highest BCUT2D eigenvalue weighted by atomic mass is 16.1. The van der Waals surface area contributed by atoms with Crippen LogP contribution in [0.1, 0.15) is 43.2 Å². The van der Waals surface area contributed by atoms with Gasteiger partial charge >= 0.3 is 0 Å². The molecule has 1 aromatic carbocycles. The van der Waals surface area contributed by atoms with E-state index in [4.69, 9.17) is 4.98 Å². The van der Waals surface area contributed by atoms with E-state index in [9.17, 15) is 9.59 Å². The van der Waals surface area contributed by atoms with Crippen LogP contribution >= 0.6 is 0 Å². The molecule has 150 valence electrons. The lowest BCUT2D eigenvalue weighted by Gasteiger charge is -2.26. The van der Waals surface area contributed by atoms with E-state index in [2.05, 4.69) is 9.88 Å². The highest BCUT2D eigenvalue weighted by Crippen LogP contribution is 2.35. The largest absolute Gasteiger partial charge is 0.302 e. The maximum atomic E-state index is 13.3. The molecule has 0 spiro atoms. The predicted octanol–water partition coefficient (Wildman–Crippen LogP) is 2.24. The summed E-state index contributed by atoms with van der Waals surface area (Å²) in [6.07, 6.45) is 5.94. The zero-order valence-corrected chi connectivity index (χ0v) is 16.6. The van der Waals surface area contributed by atoms with E-state index in [1.807, 2.05) is 28.8 Å². The second-order valence-electron chi connectivity index (χ2n) is 8.30. The summed E-state index contributed by atoms with van der Waals surface area (Å²) in [5, 5.41) is 0.690. The first-order chi connectivity index (χ1) is 14.1. The van der Waals surface area contributed by atoms with Gasteiger partial charge in [-0.3, -0.25) is 19.1 Å². The summed E-state index contributed by atoms with van der Waals surface area (Å²) in [5.74, 6) is 1.45. The van der Waals surface area contributed by atoms with Gasteiger partial charge in [0.15, 0.2) is 0 Å². The van der Waals surface area contributed by atoms with Crippen LogP contribution in [0.4, 0.5) is 0 Å². The molecule has 0 radical (unpaired) electrons. The molecule has 1 aliphatic heterocycles. The van der Waals surface area contributed by atoms with Crippen LogP contribution in [0, 0.1) is 5.92 Å². The van der Waals surface area contributed by atoms with Gasteiger partial charge in [0.2, 0.25) is 0 Å². The number of fused-ring (bicyclic) bond motifs is 1. The van der Waals surface area contributed by atoms with Crippen LogP contribution < -0.4 is 11.1 Å². The van der Waals surface area contributed by atoms with E-state index in [1.54, 1.807) is 19.4 Å². The number of likely N-dealkylation sites (tertiary alicyclic amines) is 1. The lowest BCUT2D eigenvalue weighted by atomic mass is 10.1. The average molecular weight is 391 g/mol. The van der Waals surface area contributed by atoms with Gasteiger partial charge in [-0.1, -0.05) is 12.1 Å². The fourth-order valence-corrected chi connectivity index (χ4v) is 4.28. The molecule has 7 heteroatoms. The Morgan fingerprint density at radius 1 is 1.14 bits per heavy atom. The topological polar surface area (TPSA) is 73.0 Å². The molecule has 1 aliphatic carbocycles. The summed E-state index contributed by atoms with van der Waals surface area (Å²) in [7, 11) is 1.70. The third-order valence-corrected chi connectivity index (χ3v) is 6.09. The van der Waals surface area contributed by atoms with Gasteiger partial charge < -0.3 is 4.57 Å². The Kier molecular flexibility index (Phi) is 4.54. The van der Waals surface area contributed by atoms with E-state index in [0.717, 1.165) is 43.0 Å². The number of benzene rings is 1. The van der Waals surface area contributed by atoms with Crippen molar-refractivity contribution in [3.05, 3.63) is 68.9 Å². The molecule has 1 saturated heterocycles. The molecular formula is C22H25N5O2. The van der Waals surface area contributed by atoms with Gasteiger partial charge in [0.05, 0.1) is 29.0 Å².